The van der Waals surface area contributed by atoms with Crippen molar-refractivity contribution in [3.8, 4) is 11.5 Å². The number of benzene rings is 1. The summed E-state index contributed by atoms with van der Waals surface area (Å²) in [5.74, 6) is 1.57. The first-order valence-electron chi connectivity index (χ1n) is 9.00. The largest absolute Gasteiger partial charge is 0.490 e. The SMILES string of the molecule is CCOc1ccccc1OC1CCN([C@@H](C)C(=O)Nc2nccs2)CC1. The van der Waals surface area contributed by atoms with Gasteiger partial charge in [-0.25, -0.2) is 4.98 Å². The number of aromatic nitrogens is 1. The summed E-state index contributed by atoms with van der Waals surface area (Å²) >= 11 is 1.43. The summed E-state index contributed by atoms with van der Waals surface area (Å²) in [6.07, 6.45) is 3.60. The van der Waals surface area contributed by atoms with E-state index in [0.29, 0.717) is 11.7 Å². The smallest absolute Gasteiger partial charge is 0.243 e. The van der Waals surface area contributed by atoms with Crippen LogP contribution in [-0.4, -0.2) is 47.6 Å². The molecule has 1 aromatic heterocycles. The number of amides is 1. The zero-order valence-corrected chi connectivity index (χ0v) is 16.0. The van der Waals surface area contributed by atoms with Crippen molar-refractivity contribution in [2.24, 2.45) is 0 Å². The Hall–Kier alpha value is -2.12. The van der Waals surface area contributed by atoms with Crippen LogP contribution in [0, 0.1) is 0 Å². The van der Waals surface area contributed by atoms with Crippen LogP contribution in [-0.2, 0) is 4.79 Å². The van der Waals surface area contributed by atoms with Gasteiger partial charge in [-0.05, 0) is 38.8 Å². The lowest BCUT2D eigenvalue weighted by atomic mass is 10.1. The van der Waals surface area contributed by atoms with Gasteiger partial charge < -0.3 is 14.8 Å². The molecule has 1 atom stereocenters. The lowest BCUT2D eigenvalue weighted by Crippen LogP contribution is -2.47. The number of anilines is 1. The highest BCUT2D eigenvalue weighted by Crippen LogP contribution is 2.29. The van der Waals surface area contributed by atoms with Crippen molar-refractivity contribution in [3.63, 3.8) is 0 Å². The molecular formula is C19H25N3O3S. The van der Waals surface area contributed by atoms with Crippen molar-refractivity contribution < 1.29 is 14.3 Å². The number of carbonyl (C=O) groups is 1. The second-order valence-corrected chi connectivity index (χ2v) is 7.13. The molecule has 0 bridgehead atoms. The van der Waals surface area contributed by atoms with Crippen molar-refractivity contribution >= 4 is 22.4 Å². The topological polar surface area (TPSA) is 63.7 Å². The highest BCUT2D eigenvalue weighted by atomic mass is 32.1. The Morgan fingerprint density at radius 1 is 1.35 bits per heavy atom. The van der Waals surface area contributed by atoms with Crippen LogP contribution < -0.4 is 14.8 Å². The summed E-state index contributed by atoms with van der Waals surface area (Å²) in [6.45, 7) is 6.17. The van der Waals surface area contributed by atoms with E-state index in [4.69, 9.17) is 9.47 Å². The van der Waals surface area contributed by atoms with Crippen molar-refractivity contribution in [3.05, 3.63) is 35.8 Å². The van der Waals surface area contributed by atoms with Crippen LogP contribution in [0.2, 0.25) is 0 Å². The second-order valence-electron chi connectivity index (χ2n) is 6.24. The maximum atomic E-state index is 12.4. The lowest BCUT2D eigenvalue weighted by Gasteiger charge is -2.35. The Morgan fingerprint density at radius 2 is 2.08 bits per heavy atom. The summed E-state index contributed by atoms with van der Waals surface area (Å²) in [5, 5.41) is 5.37. The zero-order chi connectivity index (χ0) is 18.4. The Labute approximate surface area is 158 Å². The number of thiazole rings is 1. The fourth-order valence-corrected chi connectivity index (χ4v) is 3.58. The summed E-state index contributed by atoms with van der Waals surface area (Å²) in [4.78, 5) is 18.7. The number of hydrogen-bond donors (Lipinski definition) is 1. The molecule has 1 saturated heterocycles. The van der Waals surface area contributed by atoms with Crippen molar-refractivity contribution in [2.45, 2.75) is 38.8 Å². The number of likely N-dealkylation sites (tertiary alicyclic amines) is 1. The Morgan fingerprint density at radius 3 is 2.73 bits per heavy atom. The van der Waals surface area contributed by atoms with Crippen LogP contribution in [0.5, 0.6) is 11.5 Å². The maximum absolute atomic E-state index is 12.4. The number of hydrogen-bond acceptors (Lipinski definition) is 6. The van der Waals surface area contributed by atoms with Crippen molar-refractivity contribution in [2.75, 3.05) is 25.0 Å². The van der Waals surface area contributed by atoms with Crippen LogP contribution >= 0.6 is 11.3 Å². The molecule has 3 rings (SSSR count). The van der Waals surface area contributed by atoms with Crippen LogP contribution in [0.1, 0.15) is 26.7 Å². The molecule has 0 unspecified atom stereocenters. The van der Waals surface area contributed by atoms with E-state index in [0.717, 1.165) is 37.4 Å². The molecule has 0 spiro atoms. The number of nitrogens with one attached hydrogen (secondary N) is 1. The van der Waals surface area contributed by atoms with E-state index in [1.165, 1.54) is 11.3 Å². The van der Waals surface area contributed by atoms with Gasteiger partial charge in [-0.15, -0.1) is 11.3 Å². The monoisotopic (exact) mass is 375 g/mol. The van der Waals surface area contributed by atoms with E-state index >= 15 is 0 Å². The van der Waals surface area contributed by atoms with E-state index < -0.39 is 0 Å². The fraction of sp³-hybridized carbons (Fsp3) is 0.474. The van der Waals surface area contributed by atoms with E-state index in [1.807, 2.05) is 43.5 Å². The molecule has 1 aliphatic rings. The van der Waals surface area contributed by atoms with Gasteiger partial charge in [0, 0.05) is 24.7 Å². The van der Waals surface area contributed by atoms with E-state index in [1.54, 1.807) is 6.20 Å². The van der Waals surface area contributed by atoms with Gasteiger partial charge in [0.1, 0.15) is 6.10 Å². The van der Waals surface area contributed by atoms with Gasteiger partial charge >= 0.3 is 0 Å². The third-order valence-electron chi connectivity index (χ3n) is 4.51. The fourth-order valence-electron chi connectivity index (χ4n) is 3.04. The standard InChI is InChI=1S/C19H25N3O3S/c1-3-24-16-6-4-5-7-17(16)25-15-8-11-22(12-9-15)14(2)18(23)21-19-20-10-13-26-19/h4-7,10,13-15H,3,8-9,11-12H2,1-2H3,(H,20,21,23)/t14-/m0/s1. The summed E-state index contributed by atoms with van der Waals surface area (Å²) < 4.78 is 11.8. The number of piperidine rings is 1. The molecule has 1 aliphatic heterocycles. The first-order valence-corrected chi connectivity index (χ1v) is 9.88. The van der Waals surface area contributed by atoms with Crippen molar-refractivity contribution in [1.82, 2.24) is 9.88 Å². The van der Waals surface area contributed by atoms with Crippen LogP contribution in [0.3, 0.4) is 0 Å². The summed E-state index contributed by atoms with van der Waals surface area (Å²) in [7, 11) is 0. The average molecular weight is 375 g/mol. The molecular weight excluding hydrogens is 350 g/mol. The number of carbonyl (C=O) groups excluding carboxylic acids is 1. The molecule has 2 heterocycles. The minimum Gasteiger partial charge on any atom is -0.490 e. The first kappa shape index (κ1) is 18.7. The minimum atomic E-state index is -0.185. The molecule has 1 N–H and O–H groups in total. The Kier molecular flexibility index (Phi) is 6.46. The molecule has 26 heavy (non-hydrogen) atoms. The second kappa shape index (κ2) is 9.00. The van der Waals surface area contributed by atoms with Gasteiger partial charge in [0.15, 0.2) is 16.6 Å². The summed E-state index contributed by atoms with van der Waals surface area (Å²) in [6, 6.07) is 7.59. The van der Waals surface area contributed by atoms with Gasteiger partial charge in [0.2, 0.25) is 5.91 Å². The summed E-state index contributed by atoms with van der Waals surface area (Å²) in [5.41, 5.74) is 0. The van der Waals surface area contributed by atoms with Crippen LogP contribution in [0.15, 0.2) is 35.8 Å². The highest BCUT2D eigenvalue weighted by Gasteiger charge is 2.28. The molecule has 1 fully saturated rings. The molecule has 0 radical (unpaired) electrons. The molecule has 7 heteroatoms. The van der Waals surface area contributed by atoms with E-state index in [-0.39, 0.29) is 18.1 Å². The number of nitrogens with zero attached hydrogens (tertiary/aromatic N) is 2. The van der Waals surface area contributed by atoms with Crippen LogP contribution in [0.25, 0.3) is 0 Å². The van der Waals surface area contributed by atoms with Gasteiger partial charge in [0.05, 0.1) is 12.6 Å². The molecule has 0 aliphatic carbocycles. The van der Waals surface area contributed by atoms with Gasteiger partial charge in [0.25, 0.3) is 0 Å². The number of ether oxygens (including phenoxy) is 2. The molecule has 0 saturated carbocycles. The maximum Gasteiger partial charge on any atom is 0.243 e. The lowest BCUT2D eigenvalue weighted by molar-refractivity contribution is -0.121. The molecule has 1 amide bonds. The minimum absolute atomic E-state index is 0.0130. The molecule has 2 aromatic rings. The van der Waals surface area contributed by atoms with Crippen molar-refractivity contribution in [1.29, 1.82) is 0 Å². The van der Waals surface area contributed by atoms with Gasteiger partial charge in [-0.1, -0.05) is 12.1 Å². The quantitative estimate of drug-likeness (QED) is 0.803. The van der Waals surface area contributed by atoms with E-state index in [9.17, 15) is 4.79 Å². The Balaban J connectivity index is 1.50. The molecule has 1 aromatic carbocycles. The molecule has 140 valence electrons. The number of para-hydroxylation sites is 2. The van der Waals surface area contributed by atoms with Crippen LogP contribution in [0.4, 0.5) is 5.13 Å². The van der Waals surface area contributed by atoms with Gasteiger partial charge in [-0.2, -0.15) is 0 Å². The third kappa shape index (κ3) is 4.74. The average Bonchev–Trinajstić information content (AvgIpc) is 3.16. The zero-order valence-electron chi connectivity index (χ0n) is 15.2. The first-order chi connectivity index (χ1) is 12.7. The van der Waals surface area contributed by atoms with Gasteiger partial charge in [-0.3, -0.25) is 9.69 Å². The predicted octanol–water partition coefficient (Wildman–Crippen LogP) is 3.41. The third-order valence-corrected chi connectivity index (χ3v) is 5.20. The molecule has 6 nitrogen and oxygen atoms in total. The number of rotatable bonds is 7. The predicted molar refractivity (Wildman–Crippen MR) is 103 cm³/mol. The van der Waals surface area contributed by atoms with E-state index in [2.05, 4.69) is 15.2 Å². The Bertz CT molecular complexity index is 700. The highest BCUT2D eigenvalue weighted by molar-refractivity contribution is 7.13. The normalized spacial score (nSPS) is 16.8.